The van der Waals surface area contributed by atoms with E-state index in [4.69, 9.17) is 16.3 Å². The summed E-state index contributed by atoms with van der Waals surface area (Å²) in [6.07, 6.45) is 1.69. The second-order valence-corrected chi connectivity index (χ2v) is 6.43. The van der Waals surface area contributed by atoms with Crippen molar-refractivity contribution in [2.75, 3.05) is 19.0 Å². The van der Waals surface area contributed by atoms with E-state index in [1.807, 2.05) is 26.0 Å². The molecule has 0 unspecified atom stereocenters. The zero-order chi connectivity index (χ0) is 19.8. The number of amides is 2. The van der Waals surface area contributed by atoms with Crippen LogP contribution in [0.25, 0.3) is 0 Å². The molecule has 2 rings (SSSR count). The summed E-state index contributed by atoms with van der Waals surface area (Å²) in [6.45, 7) is 4.27. The van der Waals surface area contributed by atoms with E-state index >= 15 is 0 Å². The number of carbonyl (C=O) groups excluding carboxylic acids is 2. The third-order valence-electron chi connectivity index (χ3n) is 4.33. The molecule has 0 heterocycles. The van der Waals surface area contributed by atoms with Gasteiger partial charge in [-0.25, -0.2) is 0 Å². The molecule has 2 amide bonds. The fourth-order valence-electron chi connectivity index (χ4n) is 2.89. The largest absolute Gasteiger partial charge is 0.496 e. The molecule has 0 aliphatic heterocycles. The zero-order valence-electron chi connectivity index (χ0n) is 15.9. The van der Waals surface area contributed by atoms with Gasteiger partial charge in [0.1, 0.15) is 5.75 Å². The van der Waals surface area contributed by atoms with Gasteiger partial charge in [0, 0.05) is 23.7 Å². The van der Waals surface area contributed by atoms with Gasteiger partial charge in [-0.3, -0.25) is 9.59 Å². The average Bonchev–Trinajstić information content (AvgIpc) is 2.68. The first kappa shape index (κ1) is 20.8. The molecule has 5 nitrogen and oxygen atoms in total. The number of rotatable bonds is 8. The van der Waals surface area contributed by atoms with E-state index in [1.165, 1.54) is 7.11 Å². The van der Waals surface area contributed by atoms with Gasteiger partial charge in [-0.15, -0.1) is 0 Å². The van der Waals surface area contributed by atoms with Gasteiger partial charge in [-0.1, -0.05) is 43.6 Å². The number of hydrogen-bond acceptors (Lipinski definition) is 3. The number of aryl methyl sites for hydroxylation is 1. The molecule has 0 aromatic heterocycles. The molecule has 0 bridgehead atoms. The highest BCUT2D eigenvalue weighted by Crippen LogP contribution is 2.29. The van der Waals surface area contributed by atoms with Crippen LogP contribution in [-0.4, -0.2) is 25.5 Å². The molecule has 0 radical (unpaired) electrons. The van der Waals surface area contributed by atoms with Crippen molar-refractivity contribution in [2.24, 2.45) is 0 Å². The Bertz CT molecular complexity index is 821. The number of ether oxygens (including phenoxy) is 1. The normalized spacial score (nSPS) is 10.4. The standard InChI is InChI=1S/C21H25ClN2O3/c1-4-14-10-11-17(22)15(5-2)20(14)24-19(25)12-13-23-21(26)16-8-6-7-9-18(16)27-3/h6-11H,4-5,12-13H2,1-3H3,(H,23,26)(H,24,25). The van der Waals surface area contributed by atoms with Gasteiger partial charge in [0.2, 0.25) is 5.91 Å². The van der Waals surface area contributed by atoms with Crippen LogP contribution in [-0.2, 0) is 17.6 Å². The second kappa shape index (κ2) is 9.97. The molecule has 0 saturated carbocycles. The summed E-state index contributed by atoms with van der Waals surface area (Å²) >= 11 is 6.26. The van der Waals surface area contributed by atoms with Gasteiger partial charge in [-0.05, 0) is 42.2 Å². The van der Waals surface area contributed by atoms with Crippen LogP contribution in [0.2, 0.25) is 5.02 Å². The van der Waals surface area contributed by atoms with Crippen LogP contribution in [0.1, 0.15) is 41.8 Å². The Balaban J connectivity index is 1.97. The molecule has 0 saturated heterocycles. The first-order valence-corrected chi connectivity index (χ1v) is 9.40. The highest BCUT2D eigenvalue weighted by Gasteiger charge is 2.14. The fourth-order valence-corrected chi connectivity index (χ4v) is 3.18. The van der Waals surface area contributed by atoms with Gasteiger partial charge in [0.05, 0.1) is 12.7 Å². The van der Waals surface area contributed by atoms with E-state index < -0.39 is 0 Å². The minimum absolute atomic E-state index is 0.165. The van der Waals surface area contributed by atoms with Gasteiger partial charge < -0.3 is 15.4 Å². The molecule has 6 heteroatoms. The second-order valence-electron chi connectivity index (χ2n) is 6.02. The predicted octanol–water partition coefficient (Wildman–Crippen LogP) is 4.23. The van der Waals surface area contributed by atoms with Crippen molar-refractivity contribution in [3.8, 4) is 5.75 Å². The van der Waals surface area contributed by atoms with E-state index in [0.717, 1.165) is 29.7 Å². The van der Waals surface area contributed by atoms with Gasteiger partial charge in [0.15, 0.2) is 0 Å². The summed E-state index contributed by atoms with van der Waals surface area (Å²) < 4.78 is 5.18. The van der Waals surface area contributed by atoms with Crippen molar-refractivity contribution < 1.29 is 14.3 Å². The number of methoxy groups -OCH3 is 1. The van der Waals surface area contributed by atoms with Crippen LogP contribution >= 0.6 is 11.6 Å². The van der Waals surface area contributed by atoms with E-state index in [2.05, 4.69) is 10.6 Å². The number of halogens is 1. The number of para-hydroxylation sites is 1. The van der Waals surface area contributed by atoms with Crippen LogP contribution < -0.4 is 15.4 Å². The van der Waals surface area contributed by atoms with Crippen LogP contribution in [0.5, 0.6) is 5.75 Å². The first-order chi connectivity index (χ1) is 13.0. The summed E-state index contributed by atoms with van der Waals surface area (Å²) in [4.78, 5) is 24.6. The molecular formula is C21H25ClN2O3. The maximum absolute atomic E-state index is 12.4. The first-order valence-electron chi connectivity index (χ1n) is 9.03. The third kappa shape index (κ3) is 5.23. The Morgan fingerprint density at radius 2 is 1.81 bits per heavy atom. The molecule has 0 atom stereocenters. The summed E-state index contributed by atoms with van der Waals surface area (Å²) in [5.41, 5.74) is 3.20. The zero-order valence-corrected chi connectivity index (χ0v) is 16.7. The van der Waals surface area contributed by atoms with E-state index in [1.54, 1.807) is 24.3 Å². The lowest BCUT2D eigenvalue weighted by atomic mass is 10.0. The molecule has 144 valence electrons. The number of anilines is 1. The lowest BCUT2D eigenvalue weighted by Crippen LogP contribution is -2.28. The lowest BCUT2D eigenvalue weighted by Gasteiger charge is -2.16. The molecule has 2 aromatic rings. The Hall–Kier alpha value is -2.53. The maximum atomic E-state index is 12.4. The van der Waals surface area contributed by atoms with Crippen LogP contribution in [0, 0.1) is 0 Å². The monoisotopic (exact) mass is 388 g/mol. The number of hydrogen-bond donors (Lipinski definition) is 2. The van der Waals surface area contributed by atoms with E-state index in [-0.39, 0.29) is 24.8 Å². The van der Waals surface area contributed by atoms with Crippen LogP contribution in [0.15, 0.2) is 36.4 Å². The molecule has 2 aromatic carbocycles. The molecule has 0 fully saturated rings. The molecule has 0 spiro atoms. The van der Waals surface area contributed by atoms with Crippen molar-refractivity contribution in [1.82, 2.24) is 5.32 Å². The summed E-state index contributed by atoms with van der Waals surface area (Å²) in [7, 11) is 1.52. The minimum Gasteiger partial charge on any atom is -0.496 e. The maximum Gasteiger partial charge on any atom is 0.255 e. The average molecular weight is 389 g/mol. The summed E-state index contributed by atoms with van der Waals surface area (Å²) in [6, 6.07) is 10.8. The van der Waals surface area contributed by atoms with Crippen molar-refractivity contribution in [3.05, 3.63) is 58.1 Å². The van der Waals surface area contributed by atoms with Gasteiger partial charge >= 0.3 is 0 Å². The van der Waals surface area contributed by atoms with Crippen molar-refractivity contribution in [3.63, 3.8) is 0 Å². The Kier molecular flexibility index (Phi) is 7.67. The molecule has 27 heavy (non-hydrogen) atoms. The number of benzene rings is 2. The third-order valence-corrected chi connectivity index (χ3v) is 4.68. The van der Waals surface area contributed by atoms with E-state index in [9.17, 15) is 9.59 Å². The van der Waals surface area contributed by atoms with Gasteiger partial charge in [0.25, 0.3) is 5.91 Å². The topological polar surface area (TPSA) is 67.4 Å². The Morgan fingerprint density at radius 3 is 2.48 bits per heavy atom. The lowest BCUT2D eigenvalue weighted by molar-refractivity contribution is -0.116. The SMILES string of the molecule is CCc1ccc(Cl)c(CC)c1NC(=O)CCNC(=O)c1ccccc1OC. The number of carbonyl (C=O) groups is 2. The van der Waals surface area contributed by atoms with Crippen LogP contribution in [0.3, 0.4) is 0 Å². The smallest absolute Gasteiger partial charge is 0.255 e. The van der Waals surface area contributed by atoms with E-state index in [0.29, 0.717) is 16.3 Å². The van der Waals surface area contributed by atoms with Crippen molar-refractivity contribution in [2.45, 2.75) is 33.1 Å². The minimum atomic E-state index is -0.272. The highest BCUT2D eigenvalue weighted by molar-refractivity contribution is 6.32. The predicted molar refractivity (Wildman–Crippen MR) is 109 cm³/mol. The Morgan fingerprint density at radius 1 is 1.07 bits per heavy atom. The molecular weight excluding hydrogens is 364 g/mol. The van der Waals surface area contributed by atoms with Crippen molar-refractivity contribution in [1.29, 1.82) is 0 Å². The summed E-state index contributed by atoms with van der Waals surface area (Å²) in [5.74, 6) is 0.0621. The fraction of sp³-hybridized carbons (Fsp3) is 0.333. The van der Waals surface area contributed by atoms with Crippen molar-refractivity contribution >= 4 is 29.1 Å². The molecule has 2 N–H and O–H groups in total. The summed E-state index contributed by atoms with van der Waals surface area (Å²) in [5, 5.41) is 6.36. The van der Waals surface area contributed by atoms with Gasteiger partial charge in [-0.2, -0.15) is 0 Å². The quantitative estimate of drug-likeness (QED) is 0.711. The molecule has 0 aliphatic rings. The highest BCUT2D eigenvalue weighted by atomic mass is 35.5. The molecule has 0 aliphatic carbocycles. The Labute approximate surface area is 165 Å². The van der Waals surface area contributed by atoms with Crippen LogP contribution in [0.4, 0.5) is 5.69 Å². The number of nitrogens with one attached hydrogen (secondary N) is 2.